The van der Waals surface area contributed by atoms with Gasteiger partial charge in [-0.25, -0.2) is 13.6 Å². The molecule has 2 rings (SSSR count). The van der Waals surface area contributed by atoms with Crippen molar-refractivity contribution in [1.29, 1.82) is 0 Å². The highest BCUT2D eigenvalue weighted by Crippen LogP contribution is 2.26. The number of aryl methyl sites for hydroxylation is 1. The average Bonchev–Trinajstić information content (AvgIpc) is 2.55. The summed E-state index contributed by atoms with van der Waals surface area (Å²) in [6.07, 6.45) is -0.764. The summed E-state index contributed by atoms with van der Waals surface area (Å²) in [7, 11) is -3.86. The number of sulfonamides is 1. The van der Waals surface area contributed by atoms with E-state index in [1.54, 1.807) is 32.0 Å². The molecule has 0 bridgehead atoms. The SMILES string of the molecule is Cc1ccc(NC(=O)C(C)Oc2cccc(C(C)(C)C)c2)cc1S(N)(=O)=O. The minimum Gasteiger partial charge on any atom is -0.481 e. The Balaban J connectivity index is 2.13. The van der Waals surface area contributed by atoms with Crippen LogP contribution in [0.3, 0.4) is 0 Å². The van der Waals surface area contributed by atoms with E-state index < -0.39 is 16.1 Å². The molecule has 2 aromatic carbocycles. The molecule has 2 aromatic rings. The Hall–Kier alpha value is -2.38. The van der Waals surface area contributed by atoms with E-state index in [1.807, 2.05) is 18.2 Å². The maximum absolute atomic E-state index is 12.4. The van der Waals surface area contributed by atoms with E-state index in [0.29, 0.717) is 17.0 Å². The molecule has 1 atom stereocenters. The monoisotopic (exact) mass is 390 g/mol. The first-order valence-electron chi connectivity index (χ1n) is 8.59. The molecule has 146 valence electrons. The molecule has 3 N–H and O–H groups in total. The minimum absolute atomic E-state index is 0.0215. The fourth-order valence-electron chi connectivity index (χ4n) is 2.52. The van der Waals surface area contributed by atoms with Crippen LogP contribution in [0.2, 0.25) is 0 Å². The van der Waals surface area contributed by atoms with E-state index in [4.69, 9.17) is 9.88 Å². The molecule has 7 heteroatoms. The number of nitrogens with one attached hydrogen (secondary N) is 1. The number of benzene rings is 2. The zero-order chi connectivity index (χ0) is 20.4. The molecular weight excluding hydrogens is 364 g/mol. The van der Waals surface area contributed by atoms with Gasteiger partial charge in [-0.1, -0.05) is 39.0 Å². The van der Waals surface area contributed by atoms with Crippen LogP contribution in [-0.4, -0.2) is 20.4 Å². The van der Waals surface area contributed by atoms with Crippen LogP contribution in [0.1, 0.15) is 38.8 Å². The average molecular weight is 391 g/mol. The Morgan fingerprint density at radius 3 is 2.41 bits per heavy atom. The molecule has 1 amide bonds. The first-order chi connectivity index (χ1) is 12.4. The van der Waals surface area contributed by atoms with E-state index in [1.165, 1.54) is 6.07 Å². The zero-order valence-electron chi connectivity index (χ0n) is 16.2. The van der Waals surface area contributed by atoms with Gasteiger partial charge in [0.05, 0.1) is 4.90 Å². The second-order valence-electron chi connectivity index (χ2n) is 7.55. The second-order valence-corrected chi connectivity index (χ2v) is 9.08. The van der Waals surface area contributed by atoms with Gasteiger partial charge in [-0.2, -0.15) is 0 Å². The van der Waals surface area contributed by atoms with Crippen molar-refractivity contribution in [3.05, 3.63) is 53.6 Å². The van der Waals surface area contributed by atoms with Gasteiger partial charge < -0.3 is 10.1 Å². The molecule has 0 saturated heterocycles. The molecule has 0 aliphatic heterocycles. The van der Waals surface area contributed by atoms with Crippen LogP contribution in [0.4, 0.5) is 5.69 Å². The summed E-state index contributed by atoms with van der Waals surface area (Å²) in [5.74, 6) is 0.208. The first kappa shape index (κ1) is 20.9. The van der Waals surface area contributed by atoms with Gasteiger partial charge >= 0.3 is 0 Å². The molecule has 1 unspecified atom stereocenters. The van der Waals surface area contributed by atoms with Crippen LogP contribution in [0.5, 0.6) is 5.75 Å². The normalized spacial score (nSPS) is 13.1. The van der Waals surface area contributed by atoms with Crippen molar-refractivity contribution < 1.29 is 17.9 Å². The van der Waals surface area contributed by atoms with Crippen molar-refractivity contribution in [3.8, 4) is 5.75 Å². The fraction of sp³-hybridized carbons (Fsp3) is 0.350. The quantitative estimate of drug-likeness (QED) is 0.818. The van der Waals surface area contributed by atoms with Gasteiger partial charge in [-0.05, 0) is 54.7 Å². The molecule has 0 aliphatic rings. The Kier molecular flexibility index (Phi) is 5.97. The summed E-state index contributed by atoms with van der Waals surface area (Å²) in [6.45, 7) is 9.57. The maximum Gasteiger partial charge on any atom is 0.265 e. The molecule has 0 heterocycles. The van der Waals surface area contributed by atoms with Crippen LogP contribution < -0.4 is 15.2 Å². The van der Waals surface area contributed by atoms with Crippen LogP contribution in [0.25, 0.3) is 0 Å². The number of primary sulfonamides is 1. The molecule has 6 nitrogen and oxygen atoms in total. The van der Waals surface area contributed by atoms with Crippen molar-refractivity contribution in [3.63, 3.8) is 0 Å². The lowest BCUT2D eigenvalue weighted by Gasteiger charge is -2.21. The summed E-state index contributed by atoms with van der Waals surface area (Å²) >= 11 is 0. The Bertz CT molecular complexity index is 947. The molecule has 0 fully saturated rings. The Labute approximate surface area is 160 Å². The van der Waals surface area contributed by atoms with Crippen molar-refractivity contribution >= 4 is 21.6 Å². The topological polar surface area (TPSA) is 98.5 Å². The molecule has 0 spiro atoms. The third-order valence-electron chi connectivity index (χ3n) is 4.14. The Morgan fingerprint density at radius 1 is 1.15 bits per heavy atom. The number of rotatable bonds is 5. The maximum atomic E-state index is 12.4. The van der Waals surface area contributed by atoms with Crippen LogP contribution in [0.15, 0.2) is 47.4 Å². The van der Waals surface area contributed by atoms with Gasteiger partial charge in [0, 0.05) is 5.69 Å². The van der Waals surface area contributed by atoms with Crippen LogP contribution in [0, 0.1) is 6.92 Å². The van der Waals surface area contributed by atoms with Gasteiger partial charge in [0.1, 0.15) is 5.75 Å². The lowest BCUT2D eigenvalue weighted by atomic mass is 9.87. The van der Waals surface area contributed by atoms with E-state index >= 15 is 0 Å². The number of anilines is 1. The number of carbonyl (C=O) groups excluding carboxylic acids is 1. The van der Waals surface area contributed by atoms with Crippen LogP contribution in [-0.2, 0) is 20.2 Å². The van der Waals surface area contributed by atoms with Crippen molar-refractivity contribution in [2.24, 2.45) is 5.14 Å². The number of nitrogens with two attached hydrogens (primary N) is 1. The Morgan fingerprint density at radius 2 is 1.81 bits per heavy atom. The predicted octanol–water partition coefficient (Wildman–Crippen LogP) is 3.35. The van der Waals surface area contributed by atoms with Gasteiger partial charge in [-0.15, -0.1) is 0 Å². The number of hydrogen-bond donors (Lipinski definition) is 2. The van der Waals surface area contributed by atoms with E-state index in [2.05, 4.69) is 26.1 Å². The number of carbonyl (C=O) groups is 1. The first-order valence-corrected chi connectivity index (χ1v) is 10.1. The molecule has 0 radical (unpaired) electrons. The van der Waals surface area contributed by atoms with Crippen molar-refractivity contribution in [2.45, 2.75) is 51.0 Å². The number of amides is 1. The third-order valence-corrected chi connectivity index (χ3v) is 5.20. The summed E-state index contributed by atoms with van der Waals surface area (Å²) in [5.41, 5.74) is 1.92. The van der Waals surface area contributed by atoms with E-state index in [9.17, 15) is 13.2 Å². The number of hydrogen-bond acceptors (Lipinski definition) is 4. The fourth-order valence-corrected chi connectivity index (χ4v) is 3.33. The van der Waals surface area contributed by atoms with Crippen molar-refractivity contribution in [1.82, 2.24) is 0 Å². The zero-order valence-corrected chi connectivity index (χ0v) is 17.1. The largest absolute Gasteiger partial charge is 0.481 e. The molecule has 0 aromatic heterocycles. The molecule has 0 aliphatic carbocycles. The smallest absolute Gasteiger partial charge is 0.265 e. The van der Waals surface area contributed by atoms with E-state index in [0.717, 1.165) is 5.56 Å². The van der Waals surface area contributed by atoms with Crippen molar-refractivity contribution in [2.75, 3.05) is 5.32 Å². The molecule has 0 saturated carbocycles. The molecular formula is C20H26N2O4S. The van der Waals surface area contributed by atoms with E-state index in [-0.39, 0.29) is 16.2 Å². The lowest BCUT2D eigenvalue weighted by molar-refractivity contribution is -0.122. The summed E-state index contributed by atoms with van der Waals surface area (Å²) in [5, 5.41) is 7.87. The lowest BCUT2D eigenvalue weighted by Crippen LogP contribution is -2.30. The second kappa shape index (κ2) is 7.70. The molecule has 27 heavy (non-hydrogen) atoms. The van der Waals surface area contributed by atoms with Crippen LogP contribution >= 0.6 is 0 Å². The van der Waals surface area contributed by atoms with Gasteiger partial charge in [-0.3, -0.25) is 4.79 Å². The minimum atomic E-state index is -3.86. The highest BCUT2D eigenvalue weighted by Gasteiger charge is 2.19. The third kappa shape index (κ3) is 5.55. The summed E-state index contributed by atoms with van der Waals surface area (Å²) < 4.78 is 29.0. The highest BCUT2D eigenvalue weighted by molar-refractivity contribution is 7.89. The summed E-state index contributed by atoms with van der Waals surface area (Å²) in [4.78, 5) is 12.4. The van der Waals surface area contributed by atoms with Gasteiger partial charge in [0.15, 0.2) is 6.10 Å². The standard InChI is InChI=1S/C20H26N2O4S/c1-13-9-10-16(12-18(13)27(21,24)25)22-19(23)14(2)26-17-8-6-7-15(11-17)20(3,4)5/h6-12,14H,1-5H3,(H,22,23)(H2,21,24,25). The van der Waals surface area contributed by atoms with Gasteiger partial charge in [0.25, 0.3) is 5.91 Å². The highest BCUT2D eigenvalue weighted by atomic mass is 32.2. The summed E-state index contributed by atoms with van der Waals surface area (Å²) in [6, 6.07) is 12.2. The predicted molar refractivity (Wildman–Crippen MR) is 106 cm³/mol. The van der Waals surface area contributed by atoms with Gasteiger partial charge in [0.2, 0.25) is 10.0 Å². The number of ether oxygens (including phenoxy) is 1.